The maximum atomic E-state index is 14.3. The van der Waals surface area contributed by atoms with Crippen molar-refractivity contribution in [1.29, 1.82) is 0 Å². The Balaban J connectivity index is 1.70. The first-order valence-corrected chi connectivity index (χ1v) is 13.1. The molecule has 6 nitrogen and oxygen atoms in total. The lowest BCUT2D eigenvalue weighted by Gasteiger charge is -2.29. The molecule has 3 N–H and O–H groups in total. The molecule has 0 aromatic heterocycles. The van der Waals surface area contributed by atoms with Gasteiger partial charge >= 0.3 is 0 Å². The van der Waals surface area contributed by atoms with Gasteiger partial charge < -0.3 is 10.2 Å². The second-order valence-electron chi connectivity index (χ2n) is 10.2. The predicted molar refractivity (Wildman–Crippen MR) is 140 cm³/mol. The highest BCUT2D eigenvalue weighted by Crippen LogP contribution is 2.49. The van der Waals surface area contributed by atoms with Gasteiger partial charge in [-0.1, -0.05) is 38.1 Å². The highest BCUT2D eigenvalue weighted by Gasteiger charge is 2.48. The molecule has 0 radical (unpaired) electrons. The molecular formula is C29H40FN3O3. The zero-order valence-corrected chi connectivity index (χ0v) is 21.9. The van der Waals surface area contributed by atoms with E-state index in [2.05, 4.69) is 24.1 Å². The number of hydrogen-bond donors (Lipinski definition) is 3. The number of hydrogen-bond acceptors (Lipinski definition) is 4. The first kappa shape index (κ1) is 27.8. The van der Waals surface area contributed by atoms with Gasteiger partial charge in [-0.05, 0) is 99.8 Å². The van der Waals surface area contributed by atoms with Gasteiger partial charge in [-0.15, -0.1) is 0 Å². The molecule has 2 aromatic rings. The van der Waals surface area contributed by atoms with Crippen LogP contribution in [-0.4, -0.2) is 47.6 Å². The second kappa shape index (κ2) is 12.5. The molecular weight excluding hydrogens is 457 g/mol. The smallest absolute Gasteiger partial charge is 0.254 e. The van der Waals surface area contributed by atoms with Crippen LogP contribution in [0.15, 0.2) is 42.5 Å². The van der Waals surface area contributed by atoms with Gasteiger partial charge in [0, 0.05) is 18.2 Å². The van der Waals surface area contributed by atoms with Gasteiger partial charge in [-0.2, -0.15) is 0 Å². The van der Waals surface area contributed by atoms with Gasteiger partial charge in [0.1, 0.15) is 5.82 Å². The lowest BCUT2D eigenvalue weighted by atomic mass is 9.75. The fraction of sp³-hybridized carbons (Fsp3) is 0.517. The molecule has 1 aliphatic rings. The third-order valence-electron chi connectivity index (χ3n) is 7.47. The van der Waals surface area contributed by atoms with Crippen molar-refractivity contribution in [2.24, 2.45) is 0 Å². The van der Waals surface area contributed by atoms with E-state index in [0.29, 0.717) is 29.5 Å². The third kappa shape index (κ3) is 6.13. The summed E-state index contributed by atoms with van der Waals surface area (Å²) >= 11 is 0. The largest absolute Gasteiger partial charge is 0.348 e. The summed E-state index contributed by atoms with van der Waals surface area (Å²) in [5.74, 6) is -0.919. The number of hydroxylamine groups is 1. The topological polar surface area (TPSA) is 81.7 Å². The van der Waals surface area contributed by atoms with Crippen molar-refractivity contribution in [1.82, 2.24) is 15.7 Å². The van der Waals surface area contributed by atoms with Crippen LogP contribution >= 0.6 is 0 Å². The molecule has 3 atom stereocenters. The third-order valence-corrected chi connectivity index (χ3v) is 7.47. The fourth-order valence-corrected chi connectivity index (χ4v) is 5.71. The van der Waals surface area contributed by atoms with Gasteiger partial charge in [-0.25, -0.2) is 9.87 Å². The molecule has 1 fully saturated rings. The molecule has 2 aromatic carbocycles. The van der Waals surface area contributed by atoms with Crippen LogP contribution in [0.4, 0.5) is 4.39 Å². The summed E-state index contributed by atoms with van der Waals surface area (Å²) in [6.07, 6.45) is 3.85. The molecule has 0 spiro atoms. The van der Waals surface area contributed by atoms with Crippen LogP contribution in [0.5, 0.6) is 0 Å². The lowest BCUT2D eigenvalue weighted by molar-refractivity contribution is -0.135. The maximum Gasteiger partial charge on any atom is 0.254 e. The SMILES string of the molecule is CCCN(CCC)C[C@@H](C)NC(=O)c1ccc([C@H]2CC[C@@](C(=O)NO)(c3cccc(F)c3C)C2)cc1. The summed E-state index contributed by atoms with van der Waals surface area (Å²) in [6, 6.07) is 12.3. The van der Waals surface area contributed by atoms with Crippen LogP contribution in [0.1, 0.15) is 85.8 Å². The molecule has 0 saturated heterocycles. The molecule has 0 heterocycles. The molecule has 1 saturated carbocycles. The van der Waals surface area contributed by atoms with E-state index in [-0.39, 0.29) is 23.7 Å². The molecule has 0 aliphatic heterocycles. The minimum atomic E-state index is -1.00. The Kier molecular flexibility index (Phi) is 9.63. The number of carbonyl (C=O) groups is 2. The quantitative estimate of drug-likeness (QED) is 0.299. The Labute approximate surface area is 214 Å². The molecule has 2 amide bonds. The van der Waals surface area contributed by atoms with Crippen LogP contribution in [0, 0.1) is 12.7 Å². The average molecular weight is 498 g/mol. The van der Waals surface area contributed by atoms with Crippen LogP contribution < -0.4 is 10.8 Å². The molecule has 196 valence electrons. The zero-order chi connectivity index (χ0) is 26.3. The normalized spacial score (nSPS) is 20.4. The molecule has 0 unspecified atom stereocenters. The predicted octanol–water partition coefficient (Wildman–Crippen LogP) is 5.09. The van der Waals surface area contributed by atoms with Crippen LogP contribution in [0.3, 0.4) is 0 Å². The first-order valence-electron chi connectivity index (χ1n) is 13.1. The van der Waals surface area contributed by atoms with Crippen LogP contribution in [0.2, 0.25) is 0 Å². The van der Waals surface area contributed by atoms with Crippen molar-refractivity contribution in [3.05, 3.63) is 70.5 Å². The molecule has 0 bridgehead atoms. The summed E-state index contributed by atoms with van der Waals surface area (Å²) in [4.78, 5) is 28.0. The Morgan fingerprint density at radius 3 is 2.42 bits per heavy atom. The number of carbonyl (C=O) groups excluding carboxylic acids is 2. The number of amides is 2. The Bertz CT molecular complexity index is 1040. The van der Waals surface area contributed by atoms with E-state index < -0.39 is 11.3 Å². The standard InChI is InChI=1S/C29H40FN3O3/c1-5-16-33(17-6-2)19-20(3)31-27(34)23-12-10-22(11-13-23)24-14-15-29(18-24,28(35)32-36)25-8-7-9-26(30)21(25)4/h7-13,20,24,36H,5-6,14-19H2,1-4H3,(H,31,34)(H,32,35)/t20-,24+,29+/m1/s1. The van der Waals surface area contributed by atoms with E-state index in [4.69, 9.17) is 0 Å². The van der Waals surface area contributed by atoms with Crippen molar-refractivity contribution in [2.75, 3.05) is 19.6 Å². The summed E-state index contributed by atoms with van der Waals surface area (Å²) in [7, 11) is 0. The van der Waals surface area contributed by atoms with Gasteiger partial charge in [0.15, 0.2) is 0 Å². The van der Waals surface area contributed by atoms with E-state index in [1.54, 1.807) is 19.1 Å². The van der Waals surface area contributed by atoms with Crippen molar-refractivity contribution in [3.8, 4) is 0 Å². The van der Waals surface area contributed by atoms with Crippen molar-refractivity contribution in [2.45, 2.75) is 77.2 Å². The number of nitrogens with zero attached hydrogens (tertiary/aromatic N) is 1. The summed E-state index contributed by atoms with van der Waals surface area (Å²) < 4.78 is 14.3. The second-order valence-corrected chi connectivity index (χ2v) is 10.2. The van der Waals surface area contributed by atoms with Gasteiger partial charge in [0.2, 0.25) is 0 Å². The first-order chi connectivity index (χ1) is 17.2. The average Bonchev–Trinajstić information content (AvgIpc) is 3.32. The summed E-state index contributed by atoms with van der Waals surface area (Å²) in [5.41, 5.74) is 3.49. The van der Waals surface area contributed by atoms with Gasteiger partial charge in [0.05, 0.1) is 5.41 Å². The van der Waals surface area contributed by atoms with Crippen LogP contribution in [-0.2, 0) is 10.2 Å². The lowest BCUT2D eigenvalue weighted by Crippen LogP contribution is -2.42. The van der Waals surface area contributed by atoms with E-state index in [9.17, 15) is 19.2 Å². The summed E-state index contributed by atoms with van der Waals surface area (Å²) in [6.45, 7) is 10.9. The minimum Gasteiger partial charge on any atom is -0.348 e. The highest BCUT2D eigenvalue weighted by molar-refractivity contribution is 5.94. The molecule has 1 aliphatic carbocycles. The minimum absolute atomic E-state index is 0.0391. The number of nitrogens with one attached hydrogen (secondary N) is 2. The van der Waals surface area contributed by atoms with Crippen LogP contribution in [0.25, 0.3) is 0 Å². The fourth-order valence-electron chi connectivity index (χ4n) is 5.71. The van der Waals surface area contributed by atoms with Crippen molar-refractivity contribution < 1.29 is 19.2 Å². The van der Waals surface area contributed by atoms with E-state index in [0.717, 1.165) is 44.5 Å². The number of halogens is 1. The highest BCUT2D eigenvalue weighted by atomic mass is 19.1. The van der Waals surface area contributed by atoms with E-state index >= 15 is 0 Å². The Morgan fingerprint density at radius 1 is 1.14 bits per heavy atom. The van der Waals surface area contributed by atoms with Gasteiger partial charge in [-0.3, -0.25) is 14.8 Å². The molecule has 3 rings (SSSR count). The van der Waals surface area contributed by atoms with Crippen molar-refractivity contribution in [3.63, 3.8) is 0 Å². The van der Waals surface area contributed by atoms with Crippen molar-refractivity contribution >= 4 is 11.8 Å². The zero-order valence-electron chi connectivity index (χ0n) is 21.9. The molecule has 7 heteroatoms. The number of rotatable bonds is 11. The maximum absolute atomic E-state index is 14.3. The van der Waals surface area contributed by atoms with E-state index in [1.165, 1.54) is 6.07 Å². The monoisotopic (exact) mass is 497 g/mol. The van der Waals surface area contributed by atoms with E-state index in [1.807, 2.05) is 36.7 Å². The summed E-state index contributed by atoms with van der Waals surface area (Å²) in [5, 5.41) is 12.6. The number of benzene rings is 2. The Hall–Kier alpha value is -2.77. The Morgan fingerprint density at radius 2 is 1.81 bits per heavy atom. The van der Waals surface area contributed by atoms with Gasteiger partial charge in [0.25, 0.3) is 11.8 Å². The molecule has 36 heavy (non-hydrogen) atoms.